The SMILES string of the molecule is O=C(c1cnn2ccc(-c3c[nH]c4nc(C5CCC5)ccc34)cc12)N1CCOCC1. The Bertz CT molecular complexity index is 1250. The highest BCUT2D eigenvalue weighted by Gasteiger charge is 2.23. The Balaban J connectivity index is 1.39. The summed E-state index contributed by atoms with van der Waals surface area (Å²) in [4.78, 5) is 23.1. The number of hydrogen-bond donors (Lipinski definition) is 1. The summed E-state index contributed by atoms with van der Waals surface area (Å²) in [5.41, 5.74) is 5.69. The first-order chi connectivity index (χ1) is 14.8. The van der Waals surface area contributed by atoms with E-state index in [4.69, 9.17) is 9.72 Å². The summed E-state index contributed by atoms with van der Waals surface area (Å²) in [6.45, 7) is 2.41. The zero-order valence-corrected chi connectivity index (χ0v) is 16.7. The Labute approximate surface area is 173 Å². The number of morpholine rings is 1. The molecule has 2 aliphatic rings. The van der Waals surface area contributed by atoms with Crippen molar-refractivity contribution >= 4 is 22.5 Å². The molecule has 2 fully saturated rings. The standard InChI is InChI=1S/C23H23N5O2/c29-23(27-8-10-30-11-9-27)19-14-25-28-7-6-16(12-21(19)28)18-13-24-22-17(18)4-5-20(26-22)15-2-1-3-15/h4-7,12-15H,1-3,8-11H2,(H,24,26). The second-order valence-corrected chi connectivity index (χ2v) is 8.17. The summed E-state index contributed by atoms with van der Waals surface area (Å²) in [5.74, 6) is 0.620. The zero-order valence-electron chi connectivity index (χ0n) is 16.7. The number of rotatable bonds is 3. The van der Waals surface area contributed by atoms with Crippen molar-refractivity contribution in [3.63, 3.8) is 0 Å². The summed E-state index contributed by atoms with van der Waals surface area (Å²) in [5, 5.41) is 5.48. The maximum absolute atomic E-state index is 13.0. The summed E-state index contributed by atoms with van der Waals surface area (Å²) in [6.07, 6.45) is 9.37. The molecule has 0 spiro atoms. The first-order valence-corrected chi connectivity index (χ1v) is 10.6. The van der Waals surface area contributed by atoms with E-state index in [1.807, 2.05) is 29.4 Å². The molecule has 1 aliphatic carbocycles. The second-order valence-electron chi connectivity index (χ2n) is 8.17. The number of ether oxygens (including phenoxy) is 1. The minimum Gasteiger partial charge on any atom is -0.378 e. The fourth-order valence-electron chi connectivity index (χ4n) is 4.44. The van der Waals surface area contributed by atoms with Crippen LogP contribution in [0.1, 0.15) is 41.2 Å². The molecule has 30 heavy (non-hydrogen) atoms. The third-order valence-electron chi connectivity index (χ3n) is 6.44. The van der Waals surface area contributed by atoms with Crippen LogP contribution in [-0.4, -0.2) is 56.7 Å². The lowest BCUT2D eigenvalue weighted by molar-refractivity contribution is 0.0304. The molecule has 0 bridgehead atoms. The quantitative estimate of drug-likeness (QED) is 0.569. The van der Waals surface area contributed by atoms with Crippen LogP contribution < -0.4 is 0 Å². The molecule has 4 aromatic heterocycles. The minimum absolute atomic E-state index is 0.0104. The predicted molar refractivity (Wildman–Crippen MR) is 114 cm³/mol. The van der Waals surface area contributed by atoms with Gasteiger partial charge in [-0.15, -0.1) is 0 Å². The van der Waals surface area contributed by atoms with E-state index in [-0.39, 0.29) is 5.91 Å². The van der Waals surface area contributed by atoms with Gasteiger partial charge in [-0.2, -0.15) is 5.10 Å². The van der Waals surface area contributed by atoms with Crippen molar-refractivity contribution in [3.05, 3.63) is 54.1 Å². The Morgan fingerprint density at radius 2 is 2.03 bits per heavy atom. The van der Waals surface area contributed by atoms with Crippen LogP contribution in [0, 0.1) is 0 Å². The number of aromatic nitrogens is 4. The largest absolute Gasteiger partial charge is 0.378 e. The zero-order chi connectivity index (χ0) is 20.1. The van der Waals surface area contributed by atoms with Crippen LogP contribution in [0.25, 0.3) is 27.7 Å². The van der Waals surface area contributed by atoms with Crippen LogP contribution in [0.2, 0.25) is 0 Å². The van der Waals surface area contributed by atoms with E-state index in [0.29, 0.717) is 37.8 Å². The van der Waals surface area contributed by atoms with E-state index in [1.54, 1.807) is 10.7 Å². The van der Waals surface area contributed by atoms with Gasteiger partial charge in [-0.3, -0.25) is 4.79 Å². The highest BCUT2D eigenvalue weighted by molar-refractivity contribution is 6.02. The van der Waals surface area contributed by atoms with Crippen molar-refractivity contribution in [3.8, 4) is 11.1 Å². The van der Waals surface area contributed by atoms with Crippen LogP contribution in [-0.2, 0) is 4.74 Å². The number of carbonyl (C=O) groups excluding carboxylic acids is 1. The monoisotopic (exact) mass is 401 g/mol. The van der Waals surface area contributed by atoms with Crippen LogP contribution in [0.15, 0.2) is 42.9 Å². The molecule has 5 heterocycles. The van der Waals surface area contributed by atoms with Gasteiger partial charge in [0.15, 0.2) is 0 Å². The molecular formula is C23H23N5O2. The Morgan fingerprint density at radius 1 is 1.17 bits per heavy atom. The minimum atomic E-state index is 0.0104. The summed E-state index contributed by atoms with van der Waals surface area (Å²) in [7, 11) is 0. The molecule has 1 N–H and O–H groups in total. The summed E-state index contributed by atoms with van der Waals surface area (Å²) >= 11 is 0. The number of amides is 1. The van der Waals surface area contributed by atoms with Crippen LogP contribution in [0.4, 0.5) is 0 Å². The van der Waals surface area contributed by atoms with Gasteiger partial charge < -0.3 is 14.6 Å². The number of fused-ring (bicyclic) bond motifs is 2. The van der Waals surface area contributed by atoms with Crippen molar-refractivity contribution in [2.45, 2.75) is 25.2 Å². The van der Waals surface area contributed by atoms with Gasteiger partial charge in [-0.25, -0.2) is 9.50 Å². The van der Waals surface area contributed by atoms with Crippen molar-refractivity contribution < 1.29 is 9.53 Å². The molecule has 0 unspecified atom stereocenters. The first-order valence-electron chi connectivity index (χ1n) is 10.6. The van der Waals surface area contributed by atoms with Crippen molar-refractivity contribution in [2.24, 2.45) is 0 Å². The number of nitrogens with zero attached hydrogens (tertiary/aromatic N) is 4. The number of carbonyl (C=O) groups is 1. The Kier molecular flexibility index (Phi) is 4.09. The Hall–Kier alpha value is -3.19. The molecule has 7 nitrogen and oxygen atoms in total. The molecule has 1 amide bonds. The fourth-order valence-corrected chi connectivity index (χ4v) is 4.44. The highest BCUT2D eigenvalue weighted by Crippen LogP contribution is 2.37. The molecule has 1 saturated carbocycles. The predicted octanol–water partition coefficient (Wildman–Crippen LogP) is 3.62. The van der Waals surface area contributed by atoms with E-state index < -0.39 is 0 Å². The molecular weight excluding hydrogens is 378 g/mol. The van der Waals surface area contributed by atoms with Gasteiger partial charge in [-0.05, 0) is 42.7 Å². The topological polar surface area (TPSA) is 75.5 Å². The van der Waals surface area contributed by atoms with Gasteiger partial charge in [0.25, 0.3) is 5.91 Å². The van der Waals surface area contributed by atoms with Gasteiger partial charge in [0, 0.05) is 48.0 Å². The molecule has 1 aliphatic heterocycles. The average Bonchev–Trinajstić information content (AvgIpc) is 3.36. The van der Waals surface area contributed by atoms with Crippen LogP contribution in [0.3, 0.4) is 0 Å². The lowest BCUT2D eigenvalue weighted by Crippen LogP contribution is -2.40. The Morgan fingerprint density at radius 3 is 2.83 bits per heavy atom. The maximum atomic E-state index is 13.0. The molecule has 152 valence electrons. The van der Waals surface area contributed by atoms with Crippen molar-refractivity contribution in [2.75, 3.05) is 26.3 Å². The molecule has 4 aromatic rings. The van der Waals surface area contributed by atoms with Crippen LogP contribution in [0.5, 0.6) is 0 Å². The van der Waals surface area contributed by atoms with Crippen molar-refractivity contribution in [1.29, 1.82) is 0 Å². The van der Waals surface area contributed by atoms with Gasteiger partial charge >= 0.3 is 0 Å². The third-order valence-corrected chi connectivity index (χ3v) is 6.44. The average molecular weight is 401 g/mol. The summed E-state index contributed by atoms with van der Waals surface area (Å²) in [6, 6.07) is 8.41. The molecule has 0 radical (unpaired) electrons. The molecule has 0 aromatic carbocycles. The van der Waals surface area contributed by atoms with E-state index in [0.717, 1.165) is 27.7 Å². The number of H-pyrrole nitrogens is 1. The van der Waals surface area contributed by atoms with E-state index in [2.05, 4.69) is 22.2 Å². The third kappa shape index (κ3) is 2.81. The van der Waals surface area contributed by atoms with E-state index in [9.17, 15) is 4.79 Å². The molecule has 6 rings (SSSR count). The lowest BCUT2D eigenvalue weighted by Gasteiger charge is -2.26. The molecule has 1 saturated heterocycles. The van der Waals surface area contributed by atoms with E-state index in [1.165, 1.54) is 25.0 Å². The summed E-state index contributed by atoms with van der Waals surface area (Å²) < 4.78 is 7.14. The number of aromatic amines is 1. The van der Waals surface area contributed by atoms with Crippen LogP contribution >= 0.6 is 0 Å². The highest BCUT2D eigenvalue weighted by atomic mass is 16.5. The number of hydrogen-bond acceptors (Lipinski definition) is 4. The van der Waals surface area contributed by atoms with Gasteiger partial charge in [0.1, 0.15) is 5.65 Å². The second kappa shape index (κ2) is 6.95. The number of nitrogens with one attached hydrogen (secondary N) is 1. The van der Waals surface area contributed by atoms with E-state index >= 15 is 0 Å². The fraction of sp³-hybridized carbons (Fsp3) is 0.348. The van der Waals surface area contributed by atoms with Gasteiger partial charge in [0.05, 0.1) is 30.5 Å². The molecule has 7 heteroatoms. The lowest BCUT2D eigenvalue weighted by atomic mass is 9.82. The van der Waals surface area contributed by atoms with Crippen molar-refractivity contribution in [1.82, 2.24) is 24.5 Å². The maximum Gasteiger partial charge on any atom is 0.257 e. The molecule has 0 atom stereocenters. The van der Waals surface area contributed by atoms with Gasteiger partial charge in [-0.1, -0.05) is 6.42 Å². The first kappa shape index (κ1) is 17.7. The van der Waals surface area contributed by atoms with Gasteiger partial charge in [0.2, 0.25) is 0 Å². The number of pyridine rings is 2. The smallest absolute Gasteiger partial charge is 0.257 e. The normalized spacial score (nSPS) is 17.5.